The molecule has 0 saturated heterocycles. The van der Waals surface area contributed by atoms with Crippen molar-refractivity contribution in [3.8, 4) is 0 Å². The summed E-state index contributed by atoms with van der Waals surface area (Å²) < 4.78 is 1.74. The van der Waals surface area contributed by atoms with Crippen molar-refractivity contribution in [3.05, 3.63) is 100 Å². The summed E-state index contributed by atoms with van der Waals surface area (Å²) >= 11 is 0. The molecule has 0 radical (unpaired) electrons. The molecule has 0 fully saturated rings. The molecule has 1 aliphatic rings. The van der Waals surface area contributed by atoms with E-state index in [-0.39, 0.29) is 16.5 Å². The van der Waals surface area contributed by atoms with E-state index in [1.54, 1.807) is 4.70 Å². The van der Waals surface area contributed by atoms with Crippen molar-refractivity contribution < 1.29 is 21.2 Å². The molecule has 0 atom stereocenters. The molecule has 0 bridgehead atoms. The van der Waals surface area contributed by atoms with Gasteiger partial charge in [-0.25, -0.2) is 4.70 Å². The molecule has 0 aliphatic carbocycles. The number of nitrogens with zero attached hydrogens (tertiary/aromatic N) is 2. The van der Waals surface area contributed by atoms with Gasteiger partial charge in [-0.05, 0) is 124 Å². The average molecular weight is 1460 g/mol. The first-order valence-electron chi connectivity index (χ1n) is 46.6. The topological polar surface area (TPSA) is 25.3 Å². The summed E-state index contributed by atoms with van der Waals surface area (Å²) in [6, 6.07) is 15.2. The Morgan fingerprint density at radius 1 is 0.206 bits per heavy atom. The normalized spacial score (nSPS) is 12.2. The number of hydrogen-bond donors (Lipinski definition) is 0. The first-order valence-corrected chi connectivity index (χ1v) is 46.6. The van der Waals surface area contributed by atoms with Crippen LogP contribution in [0.3, 0.4) is 0 Å². The Kier molecular flexibility index (Phi) is 77.1. The Morgan fingerprint density at radius 2 is 0.363 bits per heavy atom. The van der Waals surface area contributed by atoms with Crippen LogP contribution in [0.15, 0.2) is 47.5 Å². The Balaban J connectivity index is 0.00000612. The van der Waals surface area contributed by atoms with E-state index in [0.29, 0.717) is 0 Å². The van der Waals surface area contributed by atoms with Gasteiger partial charge in [0.15, 0.2) is 0 Å². The maximum Gasteiger partial charge on any atom is 2.00 e. The van der Waals surface area contributed by atoms with Crippen molar-refractivity contribution in [2.24, 2.45) is 0 Å². The van der Waals surface area contributed by atoms with Gasteiger partial charge >= 0.3 is 16.5 Å². The molecular weight excluding hydrogens is 1280 g/mol. The molecule has 2 nitrogen and oxygen atoms in total. The summed E-state index contributed by atoms with van der Waals surface area (Å²) in [6.07, 6.45) is 98.8. The molecule has 1 heterocycles. The molecule has 1 aliphatic heterocycles. The molecule has 0 spiro atoms. The molecule has 3 rings (SSSR count). The van der Waals surface area contributed by atoms with E-state index in [4.69, 9.17) is 0 Å². The largest absolute Gasteiger partial charge is 2.00 e. The second-order valence-corrected chi connectivity index (χ2v) is 32.4. The van der Waals surface area contributed by atoms with E-state index in [2.05, 4.69) is 106 Å². The zero-order valence-electron chi connectivity index (χ0n) is 70.7. The molecule has 2 aromatic rings. The molecule has 0 saturated carbocycles. The molecule has 2 aromatic carbocycles. The van der Waals surface area contributed by atoms with E-state index in [1.165, 1.54) is 455 Å². The molecule has 596 valence electrons. The van der Waals surface area contributed by atoms with Crippen LogP contribution >= 0.6 is 0 Å². The molecule has 0 unspecified atom stereocenters. The molecule has 0 amide bonds. The van der Waals surface area contributed by atoms with Crippen LogP contribution in [0.4, 0.5) is 0 Å². The van der Waals surface area contributed by atoms with Crippen molar-refractivity contribution in [1.29, 1.82) is 0 Å². The van der Waals surface area contributed by atoms with E-state index in [0.717, 1.165) is 69.2 Å². The number of rotatable bonds is 73. The number of allylic oxidation sites excluding steroid dienone is 2. The Hall–Kier alpha value is -1.99. The summed E-state index contributed by atoms with van der Waals surface area (Å²) in [7, 11) is 0. The van der Waals surface area contributed by atoms with Crippen LogP contribution in [0, 0.1) is 13.8 Å². The third-order valence-electron chi connectivity index (χ3n) is 22.3. The zero-order chi connectivity index (χ0) is 73.2. The molecule has 0 N–H and O–H groups in total. The van der Waals surface area contributed by atoms with Crippen molar-refractivity contribution in [1.82, 2.24) is 0 Å². The first-order chi connectivity index (χ1) is 49.8. The number of hydrogen-bond acceptors (Lipinski definition) is 0. The van der Waals surface area contributed by atoms with Crippen LogP contribution in [0.2, 0.25) is 0 Å². The third kappa shape index (κ3) is 57.2. The standard InChI is InChI=1S/C85H150N2.2C7H15.Ni/c1-7-13-19-23-25-27-29-31-33-35-37-39-41-43-45-47-49-51-53-55-57-62-66-78-71-79(67-63-58-56-54-52-50-48-46-44-42-40-38-36-34-32-30-28-26-24-20-14-8-2)75-80(74-78)84-82(68-18-12-6)83(69-59-17-11-5)85(87(84)86)81-72-76(64-60-21-15-9-3)70-77(73-81)65-61-22-16-10-4;2*1-3-5-7-6-4-2;/h70-75H,7-69H2,1-6H3;2*1,3-7H2,2H3;/q;2*-1;+2. The van der Waals surface area contributed by atoms with Gasteiger partial charge in [-0.15, -0.1) is 0 Å². The predicted molar refractivity (Wildman–Crippen MR) is 460 cm³/mol. The maximum absolute atomic E-state index is 13.0. The average Bonchev–Trinajstić information content (AvgIpc) is 1.60. The fourth-order valence-electron chi connectivity index (χ4n) is 15.7. The van der Waals surface area contributed by atoms with Gasteiger partial charge in [-0.2, -0.15) is 12.8 Å². The van der Waals surface area contributed by atoms with Gasteiger partial charge in [-0.3, -0.25) is 0 Å². The monoisotopic (exact) mass is 1460 g/mol. The van der Waals surface area contributed by atoms with Crippen molar-refractivity contribution in [2.45, 2.75) is 524 Å². The Bertz CT molecular complexity index is 2030. The fraction of sp³-hybridized carbons (Fsp3) is 0.818. The summed E-state index contributed by atoms with van der Waals surface area (Å²) in [6.45, 7) is 25.9. The van der Waals surface area contributed by atoms with Gasteiger partial charge in [0.2, 0.25) is 11.4 Å². The third-order valence-corrected chi connectivity index (χ3v) is 22.3. The molecular formula is C99H180N2Ni. The molecule has 0 aromatic heterocycles. The van der Waals surface area contributed by atoms with Crippen LogP contribution in [0.5, 0.6) is 0 Å². The zero-order valence-corrected chi connectivity index (χ0v) is 71.7. The summed E-state index contributed by atoms with van der Waals surface area (Å²) in [4.78, 5) is 0. The van der Waals surface area contributed by atoms with Gasteiger partial charge in [-0.1, -0.05) is 446 Å². The van der Waals surface area contributed by atoms with Crippen LogP contribution < -0.4 is 0 Å². The van der Waals surface area contributed by atoms with Crippen LogP contribution in [-0.4, -0.2) is 4.70 Å². The van der Waals surface area contributed by atoms with Crippen LogP contribution in [0.1, 0.15) is 532 Å². The first kappa shape index (κ1) is 100. The van der Waals surface area contributed by atoms with Crippen LogP contribution in [0.25, 0.3) is 16.9 Å². The smallest absolute Gasteiger partial charge is 0.493 e. The van der Waals surface area contributed by atoms with Gasteiger partial charge in [0.25, 0.3) is 0 Å². The SMILES string of the molecule is CCCCCCCCCCCCCCCCCCCCCCCCc1cc(CCCCCCCCCCCCCCCCCCCCCCCC)cc(C2=C(CCCC)C(CCCCC)=C(c3cc(CCCCCC)cc(CCCCCC)c3)[N+]2=[N-])c1.[CH2-]CCCCCC.[CH2-]CCCCCC.[Ni+2]. The summed E-state index contributed by atoms with van der Waals surface area (Å²) in [5, 5.41) is 0. The van der Waals surface area contributed by atoms with Crippen molar-refractivity contribution >= 4 is 11.4 Å². The fourth-order valence-corrected chi connectivity index (χ4v) is 15.7. The second-order valence-electron chi connectivity index (χ2n) is 32.4. The Labute approximate surface area is 652 Å². The maximum atomic E-state index is 13.0. The van der Waals surface area contributed by atoms with Crippen molar-refractivity contribution in [2.75, 3.05) is 0 Å². The number of aryl methyl sites for hydroxylation is 4. The predicted octanol–water partition coefficient (Wildman–Crippen LogP) is 35.7. The summed E-state index contributed by atoms with van der Waals surface area (Å²) in [5.41, 5.74) is 26.6. The van der Waals surface area contributed by atoms with E-state index in [1.807, 2.05) is 0 Å². The molecule has 102 heavy (non-hydrogen) atoms. The minimum Gasteiger partial charge on any atom is -0.493 e. The van der Waals surface area contributed by atoms with Crippen molar-refractivity contribution in [3.63, 3.8) is 0 Å². The molecule has 3 heteroatoms. The van der Waals surface area contributed by atoms with Gasteiger partial charge in [0.1, 0.15) is 0 Å². The number of unbranched alkanes of at least 4 members (excludes halogenated alkanes) is 59. The second kappa shape index (κ2) is 78.6. The van der Waals surface area contributed by atoms with E-state index in [9.17, 15) is 5.53 Å². The minimum absolute atomic E-state index is 0. The van der Waals surface area contributed by atoms with Crippen LogP contribution in [-0.2, 0) is 42.2 Å². The number of benzene rings is 2. The quantitative estimate of drug-likeness (QED) is 0.0273. The van der Waals surface area contributed by atoms with E-state index >= 15 is 0 Å². The van der Waals surface area contributed by atoms with E-state index < -0.39 is 0 Å². The Morgan fingerprint density at radius 3 is 0.569 bits per heavy atom. The van der Waals surface area contributed by atoms with Gasteiger partial charge < -0.3 is 19.4 Å². The summed E-state index contributed by atoms with van der Waals surface area (Å²) in [5.74, 6) is 0. The van der Waals surface area contributed by atoms with Gasteiger partial charge in [0.05, 0.1) is 0 Å². The van der Waals surface area contributed by atoms with Gasteiger partial charge in [0, 0.05) is 22.3 Å². The minimum atomic E-state index is 0.